The van der Waals surface area contributed by atoms with Crippen molar-refractivity contribution >= 4 is 17.1 Å². The van der Waals surface area contributed by atoms with Crippen LogP contribution in [0.15, 0.2) is 46.1 Å². The highest BCUT2D eigenvalue weighted by Crippen LogP contribution is 2.48. The molecule has 228 valence electrons. The fourth-order valence-corrected chi connectivity index (χ4v) is 17.4. The number of fused-ring (bicyclic) bond motifs is 1. The smallest absolute Gasteiger partial charge is 0.335 e. The summed E-state index contributed by atoms with van der Waals surface area (Å²) in [4.78, 5) is 26.4. The van der Waals surface area contributed by atoms with Crippen LogP contribution in [0.25, 0.3) is 0 Å². The zero-order valence-corrected chi connectivity index (χ0v) is 27.7. The summed E-state index contributed by atoms with van der Waals surface area (Å²) in [6, 6.07) is 8.48. The van der Waals surface area contributed by atoms with Gasteiger partial charge < -0.3 is 27.5 Å². The van der Waals surface area contributed by atoms with Crippen molar-refractivity contribution in [2.75, 3.05) is 13.7 Å². The van der Waals surface area contributed by atoms with Crippen molar-refractivity contribution < 1.29 is 27.5 Å². The minimum Gasteiger partial charge on any atom is -0.497 e. The Labute approximate surface area is 244 Å². The van der Waals surface area contributed by atoms with Crippen molar-refractivity contribution in [3.63, 3.8) is 0 Å². The van der Waals surface area contributed by atoms with Crippen molar-refractivity contribution in [3.05, 3.63) is 62.9 Å². The van der Waals surface area contributed by atoms with Gasteiger partial charge in [-0.15, -0.1) is 0 Å². The number of methoxy groups -OCH3 is 1. The average molecular weight is 607 g/mol. The standard InChI is InChI=1S/C29H46N2O8Si2/c1-18(2)40(19(3)4)36-17-24-27(38-41(39-40,20(5)6)21(7)8)26(33)28(37-24)30-15-14-25(32)31(29(30)34)16-22-10-12-23(35-9)13-11-22/h10-15,18-21,24,26-28,33H,16-17H2,1-9H3/t24-,26-,27-,28-/m1/s1. The highest BCUT2D eigenvalue weighted by Gasteiger charge is 2.61. The Morgan fingerprint density at radius 3 is 2.05 bits per heavy atom. The fourth-order valence-electron chi connectivity index (χ4n) is 6.15. The van der Waals surface area contributed by atoms with Crippen LogP contribution in [0, 0.1) is 0 Å². The number of hydrogen-bond donors (Lipinski definition) is 1. The summed E-state index contributed by atoms with van der Waals surface area (Å²) in [5.74, 6) is 0.680. The van der Waals surface area contributed by atoms with Crippen LogP contribution in [0.3, 0.4) is 0 Å². The molecule has 0 aliphatic carbocycles. The monoisotopic (exact) mass is 606 g/mol. The molecular formula is C29H46N2O8Si2. The maximum Gasteiger partial charge on any atom is 0.335 e. The summed E-state index contributed by atoms with van der Waals surface area (Å²) >= 11 is 0. The maximum absolute atomic E-state index is 13.6. The fraction of sp³-hybridized carbons (Fsp3) is 0.655. The van der Waals surface area contributed by atoms with Gasteiger partial charge in [0.05, 0.1) is 20.3 Å². The van der Waals surface area contributed by atoms with Gasteiger partial charge in [-0.1, -0.05) is 67.5 Å². The van der Waals surface area contributed by atoms with Crippen LogP contribution in [0.4, 0.5) is 0 Å². The van der Waals surface area contributed by atoms with Crippen molar-refractivity contribution in [1.29, 1.82) is 0 Å². The average Bonchev–Trinajstić information content (AvgIpc) is 3.20. The molecule has 0 unspecified atom stereocenters. The Morgan fingerprint density at radius 1 is 0.927 bits per heavy atom. The molecule has 1 N–H and O–H groups in total. The van der Waals surface area contributed by atoms with E-state index in [2.05, 4.69) is 55.4 Å². The first kappa shape index (κ1) is 31.9. The topological polar surface area (TPSA) is 110 Å². The lowest BCUT2D eigenvalue weighted by Crippen LogP contribution is -2.65. The molecule has 3 heterocycles. The molecule has 1 aromatic heterocycles. The van der Waals surface area contributed by atoms with Crippen LogP contribution in [0.1, 0.15) is 67.2 Å². The minimum absolute atomic E-state index is 0.0687. The molecule has 4 atom stereocenters. The molecule has 0 amide bonds. The Bertz CT molecular complexity index is 1290. The SMILES string of the molecule is COc1ccc(Cn2c(=O)ccn([C@@H]3O[C@@H]4CO[Si](C(C)C)(C(C)C)O[Si](C(C)C)(C(C)C)O[C@H]4[C@H]3O)c2=O)cc1. The summed E-state index contributed by atoms with van der Waals surface area (Å²) in [6.45, 7) is 17.3. The van der Waals surface area contributed by atoms with E-state index in [4.69, 9.17) is 22.4 Å². The Hall–Kier alpha value is -2.07. The molecule has 0 spiro atoms. The van der Waals surface area contributed by atoms with E-state index in [1.165, 1.54) is 16.8 Å². The van der Waals surface area contributed by atoms with E-state index < -0.39 is 52.9 Å². The van der Waals surface area contributed by atoms with Gasteiger partial charge in [0.25, 0.3) is 5.56 Å². The van der Waals surface area contributed by atoms with E-state index in [0.717, 1.165) is 10.1 Å². The number of nitrogens with zero attached hydrogens (tertiary/aromatic N) is 2. The molecule has 4 rings (SSSR count). The molecule has 1 aromatic carbocycles. The van der Waals surface area contributed by atoms with Gasteiger partial charge in [-0.25, -0.2) is 4.79 Å². The van der Waals surface area contributed by atoms with Gasteiger partial charge in [-0.05, 0) is 39.9 Å². The third-order valence-electron chi connectivity index (χ3n) is 8.51. The van der Waals surface area contributed by atoms with E-state index in [1.807, 2.05) is 0 Å². The van der Waals surface area contributed by atoms with Gasteiger partial charge in [0.15, 0.2) is 6.23 Å². The molecule has 0 saturated carbocycles. The van der Waals surface area contributed by atoms with Gasteiger partial charge in [0.1, 0.15) is 24.1 Å². The lowest BCUT2D eigenvalue weighted by molar-refractivity contribution is -0.0605. The number of aliphatic hydroxyl groups is 1. The number of rotatable bonds is 8. The molecule has 0 radical (unpaired) electrons. The van der Waals surface area contributed by atoms with Crippen molar-refractivity contribution in [1.82, 2.24) is 9.13 Å². The first-order valence-electron chi connectivity index (χ1n) is 14.6. The van der Waals surface area contributed by atoms with Crippen molar-refractivity contribution in [3.8, 4) is 5.75 Å². The Balaban J connectivity index is 1.73. The van der Waals surface area contributed by atoms with E-state index in [0.29, 0.717) is 5.75 Å². The summed E-state index contributed by atoms with van der Waals surface area (Å²) < 4.78 is 34.9. The molecule has 2 aliphatic rings. The van der Waals surface area contributed by atoms with Gasteiger partial charge in [0, 0.05) is 12.3 Å². The van der Waals surface area contributed by atoms with Crippen LogP contribution in [0.2, 0.25) is 22.2 Å². The zero-order chi connectivity index (χ0) is 30.3. The van der Waals surface area contributed by atoms with Crippen LogP contribution in [-0.2, 0) is 24.2 Å². The van der Waals surface area contributed by atoms with Crippen LogP contribution in [0.5, 0.6) is 5.75 Å². The first-order chi connectivity index (χ1) is 19.3. The third-order valence-corrected chi connectivity index (χ3v) is 18.8. The van der Waals surface area contributed by atoms with Gasteiger partial charge in [-0.2, -0.15) is 0 Å². The quantitative estimate of drug-likeness (QED) is 0.444. The van der Waals surface area contributed by atoms with Crippen LogP contribution in [-0.4, -0.2) is 63.4 Å². The van der Waals surface area contributed by atoms with Gasteiger partial charge in [0.2, 0.25) is 0 Å². The summed E-state index contributed by atoms with van der Waals surface area (Å²) in [5, 5.41) is 11.6. The highest BCUT2D eigenvalue weighted by atomic mass is 28.5. The summed E-state index contributed by atoms with van der Waals surface area (Å²) in [6.07, 6.45) is -2.20. The predicted molar refractivity (Wildman–Crippen MR) is 161 cm³/mol. The van der Waals surface area contributed by atoms with Gasteiger partial charge in [-0.3, -0.25) is 13.9 Å². The zero-order valence-electron chi connectivity index (χ0n) is 25.7. The molecule has 2 aromatic rings. The summed E-state index contributed by atoms with van der Waals surface area (Å²) in [5.41, 5.74) is 0.234. The molecule has 12 heteroatoms. The van der Waals surface area contributed by atoms with Gasteiger partial charge >= 0.3 is 22.8 Å². The molecule has 2 saturated heterocycles. The van der Waals surface area contributed by atoms with E-state index in [9.17, 15) is 14.7 Å². The van der Waals surface area contributed by atoms with Crippen LogP contribution < -0.4 is 16.0 Å². The molecule has 2 fully saturated rings. The second-order valence-electron chi connectivity index (χ2n) is 12.4. The number of aliphatic hydroxyl groups excluding tert-OH is 1. The normalized spacial score (nSPS) is 25.9. The second-order valence-corrected chi connectivity index (χ2v) is 21.2. The summed E-state index contributed by atoms with van der Waals surface area (Å²) in [7, 11) is -4.20. The molecule has 41 heavy (non-hydrogen) atoms. The second kappa shape index (κ2) is 12.3. The molecule has 2 aliphatic heterocycles. The van der Waals surface area contributed by atoms with E-state index in [1.54, 1.807) is 31.4 Å². The first-order valence-corrected chi connectivity index (χ1v) is 18.5. The maximum atomic E-state index is 13.6. The van der Waals surface area contributed by atoms with E-state index in [-0.39, 0.29) is 35.3 Å². The Morgan fingerprint density at radius 2 is 1.51 bits per heavy atom. The number of benzene rings is 1. The highest BCUT2D eigenvalue weighted by molar-refractivity contribution is 6.84. The lowest BCUT2D eigenvalue weighted by atomic mass is 10.1. The molecular weight excluding hydrogens is 560 g/mol. The lowest BCUT2D eigenvalue weighted by Gasteiger charge is -2.51. The molecule has 10 nitrogen and oxygen atoms in total. The third kappa shape index (κ3) is 5.80. The predicted octanol–water partition coefficient (Wildman–Crippen LogP) is 4.28. The number of ether oxygens (including phenoxy) is 2. The molecule has 0 bridgehead atoms. The largest absolute Gasteiger partial charge is 0.497 e. The number of hydrogen-bond acceptors (Lipinski definition) is 8. The number of aromatic nitrogens is 2. The van der Waals surface area contributed by atoms with Crippen molar-refractivity contribution in [2.45, 2.75) is 109 Å². The van der Waals surface area contributed by atoms with Crippen LogP contribution >= 0.6 is 0 Å². The Kier molecular flexibility index (Phi) is 9.54. The van der Waals surface area contributed by atoms with E-state index >= 15 is 0 Å². The van der Waals surface area contributed by atoms with Crippen molar-refractivity contribution in [2.24, 2.45) is 0 Å². The minimum atomic E-state index is -2.99.